The first-order chi connectivity index (χ1) is 5.66. The minimum Gasteiger partial charge on any atom is -0.207 e. The molecule has 0 aliphatic heterocycles. The molecule has 0 bridgehead atoms. The summed E-state index contributed by atoms with van der Waals surface area (Å²) in [6.45, 7) is 0.650. The zero-order chi connectivity index (χ0) is 10.3. The maximum absolute atomic E-state index is 12.9. The molecule has 1 saturated carbocycles. The first-order valence-corrected chi connectivity index (χ1v) is 5.52. The van der Waals surface area contributed by atoms with Gasteiger partial charge >= 0.3 is 10.2 Å². The van der Waals surface area contributed by atoms with Crippen LogP contribution in [0.1, 0.15) is 26.2 Å². The first kappa shape index (κ1) is 10.8. The third-order valence-corrected chi connectivity index (χ3v) is 3.59. The molecule has 0 aromatic heterocycles. The van der Waals surface area contributed by atoms with Gasteiger partial charge in [0.1, 0.15) is 0 Å². The van der Waals surface area contributed by atoms with Gasteiger partial charge < -0.3 is 0 Å². The van der Waals surface area contributed by atoms with Crippen LogP contribution >= 0.6 is 0 Å². The van der Waals surface area contributed by atoms with E-state index in [-0.39, 0.29) is 12.8 Å². The van der Waals surface area contributed by atoms with Gasteiger partial charge in [0.25, 0.3) is 5.92 Å². The lowest BCUT2D eigenvalue weighted by molar-refractivity contribution is -0.134. The summed E-state index contributed by atoms with van der Waals surface area (Å²) >= 11 is 0. The maximum Gasteiger partial charge on any atom is 0.303 e. The van der Waals surface area contributed by atoms with E-state index in [1.165, 1.54) is 0 Å². The highest BCUT2D eigenvalue weighted by Crippen LogP contribution is 2.52. The monoisotopic (exact) mass is 216 g/mol. The predicted molar refractivity (Wildman–Crippen MR) is 41.8 cm³/mol. The van der Waals surface area contributed by atoms with Crippen LogP contribution in [-0.4, -0.2) is 20.1 Å². The Hall–Kier alpha value is -0.260. The highest BCUT2D eigenvalue weighted by Gasteiger charge is 2.56. The van der Waals surface area contributed by atoms with Crippen molar-refractivity contribution in [2.24, 2.45) is 5.41 Å². The van der Waals surface area contributed by atoms with Gasteiger partial charge in [-0.3, -0.25) is 0 Å². The lowest BCUT2D eigenvalue weighted by Crippen LogP contribution is -2.49. The van der Waals surface area contributed by atoms with Crippen molar-refractivity contribution in [3.8, 4) is 0 Å². The Kier molecular flexibility index (Phi) is 2.38. The number of alkyl halides is 2. The van der Waals surface area contributed by atoms with Crippen LogP contribution in [0.3, 0.4) is 0 Å². The van der Waals surface area contributed by atoms with E-state index in [0.29, 0.717) is 13.3 Å². The minimum atomic E-state index is -4.81. The molecule has 1 aliphatic rings. The average Bonchev–Trinajstić information content (AvgIpc) is 1.73. The number of hydrogen-bond donors (Lipinski definition) is 0. The Morgan fingerprint density at radius 2 is 1.85 bits per heavy atom. The molecular formula is C7H11F3O2S. The third-order valence-electron chi connectivity index (χ3n) is 2.69. The van der Waals surface area contributed by atoms with Gasteiger partial charge in [0.15, 0.2) is 0 Å². The van der Waals surface area contributed by atoms with Crippen LogP contribution in [0.2, 0.25) is 0 Å². The summed E-state index contributed by atoms with van der Waals surface area (Å²) in [4.78, 5) is 0. The second-order valence-corrected chi connectivity index (χ2v) is 5.07. The van der Waals surface area contributed by atoms with Crippen LogP contribution < -0.4 is 0 Å². The van der Waals surface area contributed by atoms with E-state index in [2.05, 4.69) is 0 Å². The van der Waals surface area contributed by atoms with Crippen LogP contribution in [-0.2, 0) is 10.2 Å². The normalized spacial score (nSPS) is 22.5. The van der Waals surface area contributed by atoms with Crippen molar-refractivity contribution in [1.29, 1.82) is 0 Å². The van der Waals surface area contributed by atoms with E-state index < -0.39 is 27.3 Å². The molecule has 0 radical (unpaired) electrons. The quantitative estimate of drug-likeness (QED) is 0.677. The highest BCUT2D eigenvalue weighted by atomic mass is 32.3. The Bertz CT molecular complexity index is 287. The summed E-state index contributed by atoms with van der Waals surface area (Å²) in [5, 5.41) is 0. The van der Waals surface area contributed by atoms with Gasteiger partial charge in [0.05, 0.1) is 11.2 Å². The summed E-state index contributed by atoms with van der Waals surface area (Å²) in [5.41, 5.74) is -1.65. The van der Waals surface area contributed by atoms with Crippen LogP contribution in [0.15, 0.2) is 0 Å². The van der Waals surface area contributed by atoms with E-state index in [1.54, 1.807) is 0 Å². The molecule has 0 saturated heterocycles. The third kappa shape index (κ3) is 2.15. The highest BCUT2D eigenvalue weighted by molar-refractivity contribution is 7.86. The second-order valence-electron chi connectivity index (χ2n) is 3.71. The second kappa shape index (κ2) is 2.87. The largest absolute Gasteiger partial charge is 0.303 e. The zero-order valence-corrected chi connectivity index (χ0v) is 8.00. The van der Waals surface area contributed by atoms with E-state index in [1.807, 2.05) is 0 Å². The number of rotatable bonds is 3. The first-order valence-electron chi connectivity index (χ1n) is 3.96. The van der Waals surface area contributed by atoms with Crippen molar-refractivity contribution in [2.75, 3.05) is 5.75 Å². The molecular weight excluding hydrogens is 205 g/mol. The SMILES string of the molecule is CC(F)(F)C1(CS(=O)(=O)F)CCC1. The van der Waals surface area contributed by atoms with Gasteiger partial charge in [-0.2, -0.15) is 8.42 Å². The van der Waals surface area contributed by atoms with Crippen molar-refractivity contribution in [1.82, 2.24) is 0 Å². The fourth-order valence-electron chi connectivity index (χ4n) is 1.64. The van der Waals surface area contributed by atoms with Gasteiger partial charge in [-0.25, -0.2) is 8.78 Å². The fourth-order valence-corrected chi connectivity index (χ4v) is 2.85. The molecule has 13 heavy (non-hydrogen) atoms. The molecule has 2 nitrogen and oxygen atoms in total. The van der Waals surface area contributed by atoms with Gasteiger partial charge in [-0.1, -0.05) is 6.42 Å². The average molecular weight is 216 g/mol. The minimum absolute atomic E-state index is 0.0830. The number of hydrogen-bond acceptors (Lipinski definition) is 2. The summed E-state index contributed by atoms with van der Waals surface area (Å²) in [6, 6.07) is 0. The Balaban J connectivity index is 2.84. The van der Waals surface area contributed by atoms with Gasteiger partial charge in [-0.05, 0) is 19.8 Å². The molecule has 0 heterocycles. The molecule has 0 unspecified atom stereocenters. The van der Waals surface area contributed by atoms with E-state index in [4.69, 9.17) is 0 Å². The zero-order valence-electron chi connectivity index (χ0n) is 7.19. The summed E-state index contributed by atoms with van der Waals surface area (Å²) < 4.78 is 58.7. The molecule has 1 aliphatic carbocycles. The molecule has 0 aromatic carbocycles. The van der Waals surface area contributed by atoms with E-state index in [9.17, 15) is 21.1 Å². The van der Waals surface area contributed by atoms with Gasteiger partial charge in [0, 0.05) is 0 Å². The smallest absolute Gasteiger partial charge is 0.207 e. The predicted octanol–water partition coefficient (Wildman–Crippen LogP) is 2.11. The lowest BCUT2D eigenvalue weighted by atomic mass is 9.66. The van der Waals surface area contributed by atoms with Crippen molar-refractivity contribution in [3.05, 3.63) is 0 Å². The summed E-state index contributed by atoms with van der Waals surface area (Å²) in [7, 11) is -4.81. The standard InChI is InChI=1S/C7H11F3O2S/c1-6(8,9)7(3-2-4-7)5-13(10,11)12/h2-5H2,1H3. The topological polar surface area (TPSA) is 34.1 Å². The van der Waals surface area contributed by atoms with Crippen LogP contribution in [0.4, 0.5) is 12.7 Å². The van der Waals surface area contributed by atoms with Crippen molar-refractivity contribution in [3.63, 3.8) is 0 Å². The maximum atomic E-state index is 12.9. The van der Waals surface area contributed by atoms with Crippen LogP contribution in [0.5, 0.6) is 0 Å². The molecule has 0 N–H and O–H groups in total. The summed E-state index contributed by atoms with van der Waals surface area (Å²) in [6.07, 6.45) is 0.707. The Morgan fingerprint density at radius 1 is 1.38 bits per heavy atom. The van der Waals surface area contributed by atoms with E-state index in [0.717, 1.165) is 0 Å². The molecule has 0 amide bonds. The van der Waals surface area contributed by atoms with Crippen LogP contribution in [0.25, 0.3) is 0 Å². The van der Waals surface area contributed by atoms with Gasteiger partial charge in [0.2, 0.25) is 0 Å². The summed E-state index contributed by atoms with van der Waals surface area (Å²) in [5.74, 6) is -4.17. The fraction of sp³-hybridized carbons (Fsp3) is 1.00. The molecule has 78 valence electrons. The molecule has 0 aromatic rings. The van der Waals surface area contributed by atoms with Crippen LogP contribution in [0, 0.1) is 5.41 Å². The molecule has 6 heteroatoms. The lowest BCUT2D eigenvalue weighted by Gasteiger charge is -2.44. The number of halogens is 3. The Morgan fingerprint density at radius 3 is 1.92 bits per heavy atom. The Labute approximate surface area is 75.3 Å². The molecule has 0 atom stereocenters. The van der Waals surface area contributed by atoms with E-state index >= 15 is 0 Å². The molecule has 1 fully saturated rings. The van der Waals surface area contributed by atoms with Crippen molar-refractivity contribution < 1.29 is 21.1 Å². The molecule has 1 rings (SSSR count). The molecule has 0 spiro atoms. The van der Waals surface area contributed by atoms with Crippen molar-refractivity contribution >= 4 is 10.2 Å². The van der Waals surface area contributed by atoms with Gasteiger partial charge in [-0.15, -0.1) is 3.89 Å². The van der Waals surface area contributed by atoms with Crippen molar-refractivity contribution in [2.45, 2.75) is 32.1 Å².